The van der Waals surface area contributed by atoms with Gasteiger partial charge in [0.05, 0.1) is 5.69 Å². The number of halogens is 1. The van der Waals surface area contributed by atoms with Gasteiger partial charge >= 0.3 is 0 Å². The molecule has 0 aliphatic rings. The SMILES string of the molecule is Cl.NCCC(c1ccccc1)c1ccccc1-c1ccccn1. The Balaban J connectivity index is 0.00000192. The summed E-state index contributed by atoms with van der Waals surface area (Å²) in [6.45, 7) is 0.663. The standard InChI is InChI=1S/C20H20N2.ClH/c21-14-13-17(16-8-2-1-3-9-16)18-10-4-5-11-19(18)20-12-6-7-15-22-20;/h1-12,15,17H,13-14,21H2;1H. The molecule has 1 atom stereocenters. The van der Waals surface area contributed by atoms with Crippen LogP contribution in [-0.2, 0) is 0 Å². The molecule has 3 heteroatoms. The van der Waals surface area contributed by atoms with E-state index in [1.807, 2.05) is 24.4 Å². The van der Waals surface area contributed by atoms with Gasteiger partial charge in [-0.15, -0.1) is 12.4 Å². The van der Waals surface area contributed by atoms with Gasteiger partial charge in [-0.25, -0.2) is 0 Å². The topological polar surface area (TPSA) is 38.9 Å². The molecule has 0 amide bonds. The molecule has 3 rings (SSSR count). The minimum atomic E-state index is 0. The smallest absolute Gasteiger partial charge is 0.0704 e. The van der Waals surface area contributed by atoms with Gasteiger partial charge in [-0.05, 0) is 36.2 Å². The first-order chi connectivity index (χ1) is 10.9. The highest BCUT2D eigenvalue weighted by Crippen LogP contribution is 2.34. The largest absolute Gasteiger partial charge is 0.330 e. The number of nitrogens with zero attached hydrogens (tertiary/aromatic N) is 1. The molecule has 0 fully saturated rings. The summed E-state index contributed by atoms with van der Waals surface area (Å²) in [6.07, 6.45) is 2.76. The molecule has 0 spiro atoms. The van der Waals surface area contributed by atoms with Crippen molar-refractivity contribution in [3.8, 4) is 11.3 Å². The first kappa shape index (κ1) is 17.2. The summed E-state index contributed by atoms with van der Waals surface area (Å²) < 4.78 is 0. The minimum Gasteiger partial charge on any atom is -0.330 e. The first-order valence-corrected chi connectivity index (χ1v) is 7.65. The van der Waals surface area contributed by atoms with E-state index in [1.165, 1.54) is 16.7 Å². The van der Waals surface area contributed by atoms with E-state index < -0.39 is 0 Å². The molecule has 1 unspecified atom stereocenters. The van der Waals surface area contributed by atoms with Crippen molar-refractivity contribution in [2.75, 3.05) is 6.54 Å². The Morgan fingerprint density at radius 1 is 0.826 bits per heavy atom. The van der Waals surface area contributed by atoms with E-state index in [2.05, 4.69) is 59.6 Å². The molecule has 1 heterocycles. The van der Waals surface area contributed by atoms with Crippen molar-refractivity contribution < 1.29 is 0 Å². The van der Waals surface area contributed by atoms with E-state index in [9.17, 15) is 0 Å². The van der Waals surface area contributed by atoms with E-state index in [4.69, 9.17) is 5.73 Å². The highest BCUT2D eigenvalue weighted by Gasteiger charge is 2.17. The van der Waals surface area contributed by atoms with Gasteiger partial charge in [-0.1, -0.05) is 60.7 Å². The molecule has 1 aromatic heterocycles. The first-order valence-electron chi connectivity index (χ1n) is 7.65. The summed E-state index contributed by atoms with van der Waals surface area (Å²) in [6, 6.07) is 25.1. The lowest BCUT2D eigenvalue weighted by Gasteiger charge is -2.20. The van der Waals surface area contributed by atoms with Gasteiger partial charge < -0.3 is 5.73 Å². The molecule has 2 N–H and O–H groups in total. The Morgan fingerprint density at radius 2 is 1.52 bits per heavy atom. The number of hydrogen-bond acceptors (Lipinski definition) is 2. The number of pyridine rings is 1. The molecule has 0 aliphatic carbocycles. The van der Waals surface area contributed by atoms with Gasteiger partial charge in [0.15, 0.2) is 0 Å². The molecule has 0 radical (unpaired) electrons. The van der Waals surface area contributed by atoms with Gasteiger partial charge in [-0.3, -0.25) is 4.98 Å². The van der Waals surface area contributed by atoms with Gasteiger partial charge in [0.25, 0.3) is 0 Å². The van der Waals surface area contributed by atoms with Crippen LogP contribution in [0.2, 0.25) is 0 Å². The van der Waals surface area contributed by atoms with Crippen LogP contribution < -0.4 is 5.73 Å². The van der Waals surface area contributed by atoms with Crippen molar-refractivity contribution in [2.24, 2.45) is 5.73 Å². The van der Waals surface area contributed by atoms with Crippen LogP contribution in [-0.4, -0.2) is 11.5 Å². The molecular formula is C20H21ClN2. The Labute approximate surface area is 143 Å². The number of nitrogens with two attached hydrogens (primary N) is 1. The minimum absolute atomic E-state index is 0. The molecule has 0 saturated heterocycles. The van der Waals surface area contributed by atoms with Crippen LogP contribution in [0.25, 0.3) is 11.3 Å². The predicted octanol–water partition coefficient (Wildman–Crippen LogP) is 4.65. The number of benzene rings is 2. The third-order valence-corrected chi connectivity index (χ3v) is 3.93. The maximum absolute atomic E-state index is 5.88. The Morgan fingerprint density at radius 3 is 2.22 bits per heavy atom. The quantitative estimate of drug-likeness (QED) is 0.742. The second kappa shape index (κ2) is 8.47. The lowest BCUT2D eigenvalue weighted by Crippen LogP contribution is -2.10. The van der Waals surface area contributed by atoms with Crippen LogP contribution in [0.15, 0.2) is 79.0 Å². The van der Waals surface area contributed by atoms with Crippen molar-refractivity contribution in [2.45, 2.75) is 12.3 Å². The molecular weight excluding hydrogens is 304 g/mol. The van der Waals surface area contributed by atoms with E-state index in [0.717, 1.165) is 12.1 Å². The average Bonchev–Trinajstić information content (AvgIpc) is 2.61. The average molecular weight is 325 g/mol. The third kappa shape index (κ3) is 3.98. The fraction of sp³-hybridized carbons (Fsp3) is 0.150. The van der Waals surface area contributed by atoms with Crippen LogP contribution in [0.3, 0.4) is 0 Å². The summed E-state index contributed by atoms with van der Waals surface area (Å²) in [5.41, 5.74) is 10.7. The molecule has 23 heavy (non-hydrogen) atoms. The molecule has 0 saturated carbocycles. The molecule has 0 aliphatic heterocycles. The van der Waals surface area contributed by atoms with E-state index >= 15 is 0 Å². The van der Waals surface area contributed by atoms with E-state index in [1.54, 1.807) is 0 Å². The second-order valence-electron chi connectivity index (χ2n) is 5.34. The molecule has 2 aromatic carbocycles. The van der Waals surface area contributed by atoms with Crippen molar-refractivity contribution in [3.63, 3.8) is 0 Å². The fourth-order valence-electron chi connectivity index (χ4n) is 2.91. The normalized spacial score (nSPS) is 11.5. The monoisotopic (exact) mass is 324 g/mol. The van der Waals surface area contributed by atoms with E-state index in [0.29, 0.717) is 12.5 Å². The number of aromatic nitrogens is 1. The Hall–Kier alpha value is -2.16. The van der Waals surface area contributed by atoms with Crippen LogP contribution in [0.1, 0.15) is 23.5 Å². The van der Waals surface area contributed by atoms with Crippen LogP contribution in [0, 0.1) is 0 Å². The fourth-order valence-corrected chi connectivity index (χ4v) is 2.91. The molecule has 0 bridgehead atoms. The zero-order valence-corrected chi connectivity index (χ0v) is 13.7. The maximum Gasteiger partial charge on any atom is 0.0704 e. The number of hydrogen-bond donors (Lipinski definition) is 1. The predicted molar refractivity (Wildman–Crippen MR) is 98.9 cm³/mol. The zero-order chi connectivity index (χ0) is 15.2. The van der Waals surface area contributed by atoms with Crippen molar-refractivity contribution in [1.82, 2.24) is 4.98 Å². The molecule has 118 valence electrons. The summed E-state index contributed by atoms with van der Waals surface area (Å²) in [5.74, 6) is 0.296. The lowest BCUT2D eigenvalue weighted by atomic mass is 9.85. The van der Waals surface area contributed by atoms with Gasteiger partial charge in [0.2, 0.25) is 0 Å². The van der Waals surface area contributed by atoms with Gasteiger partial charge in [0, 0.05) is 17.7 Å². The van der Waals surface area contributed by atoms with Gasteiger partial charge in [-0.2, -0.15) is 0 Å². The summed E-state index contributed by atoms with van der Waals surface area (Å²) in [4.78, 5) is 4.51. The van der Waals surface area contributed by atoms with Crippen molar-refractivity contribution >= 4 is 12.4 Å². The van der Waals surface area contributed by atoms with Gasteiger partial charge in [0.1, 0.15) is 0 Å². The summed E-state index contributed by atoms with van der Waals surface area (Å²) in [7, 11) is 0. The Bertz CT molecular complexity index is 714. The third-order valence-electron chi connectivity index (χ3n) is 3.93. The lowest BCUT2D eigenvalue weighted by molar-refractivity contribution is 0.727. The maximum atomic E-state index is 5.88. The number of rotatable bonds is 5. The molecule has 3 aromatic rings. The van der Waals surface area contributed by atoms with Crippen molar-refractivity contribution in [3.05, 3.63) is 90.1 Å². The summed E-state index contributed by atoms with van der Waals surface area (Å²) >= 11 is 0. The molecule has 2 nitrogen and oxygen atoms in total. The van der Waals surface area contributed by atoms with Crippen LogP contribution in [0.4, 0.5) is 0 Å². The van der Waals surface area contributed by atoms with Crippen LogP contribution in [0.5, 0.6) is 0 Å². The highest BCUT2D eigenvalue weighted by atomic mass is 35.5. The zero-order valence-electron chi connectivity index (χ0n) is 12.9. The van der Waals surface area contributed by atoms with Crippen molar-refractivity contribution in [1.29, 1.82) is 0 Å². The highest BCUT2D eigenvalue weighted by molar-refractivity contribution is 5.85. The summed E-state index contributed by atoms with van der Waals surface area (Å²) in [5, 5.41) is 0. The second-order valence-corrected chi connectivity index (χ2v) is 5.34. The van der Waals surface area contributed by atoms with Crippen LogP contribution >= 0.6 is 12.4 Å². The van der Waals surface area contributed by atoms with E-state index in [-0.39, 0.29) is 12.4 Å². The Kier molecular flexibility index (Phi) is 6.33.